The number of methoxy groups -OCH3 is 1. The molecule has 1 N–H and O–H groups in total. The van der Waals surface area contributed by atoms with E-state index in [1.807, 2.05) is 7.05 Å². The molecule has 0 radical (unpaired) electrons. The number of nitrogens with zero attached hydrogens (tertiary/aromatic N) is 3. The van der Waals surface area contributed by atoms with Gasteiger partial charge < -0.3 is 15.0 Å². The third-order valence-corrected chi connectivity index (χ3v) is 4.70. The Labute approximate surface area is 160 Å². The number of hydrogen-bond acceptors (Lipinski definition) is 3. The smallest absolute Gasteiger partial charge is 0.193 e. The zero-order chi connectivity index (χ0) is 16.8. The lowest BCUT2D eigenvalue weighted by atomic mass is 9.89. The highest BCUT2D eigenvalue weighted by atomic mass is 127. The van der Waals surface area contributed by atoms with Crippen LogP contribution < -0.4 is 5.32 Å². The molecule has 0 saturated carbocycles. The minimum absolute atomic E-state index is 0. The summed E-state index contributed by atoms with van der Waals surface area (Å²) in [7, 11) is 3.65. The van der Waals surface area contributed by atoms with Crippen LogP contribution in [0.5, 0.6) is 0 Å². The van der Waals surface area contributed by atoms with Gasteiger partial charge in [0.1, 0.15) is 0 Å². The highest BCUT2D eigenvalue weighted by Crippen LogP contribution is 2.21. The first-order valence-corrected chi connectivity index (χ1v) is 8.59. The lowest BCUT2D eigenvalue weighted by Crippen LogP contribution is -2.47. The van der Waals surface area contributed by atoms with Crippen molar-refractivity contribution >= 4 is 29.9 Å². The molecule has 138 valence electrons. The maximum Gasteiger partial charge on any atom is 0.193 e. The molecule has 0 amide bonds. The molecule has 1 aliphatic rings. The summed E-state index contributed by atoms with van der Waals surface area (Å²) in [5.74, 6) is 1.00. The molecule has 0 aromatic carbocycles. The molecule has 0 aromatic heterocycles. The molecule has 0 bridgehead atoms. The van der Waals surface area contributed by atoms with Crippen molar-refractivity contribution < 1.29 is 4.74 Å². The molecule has 1 aliphatic heterocycles. The predicted octanol–water partition coefficient (Wildman–Crippen LogP) is 2.66. The van der Waals surface area contributed by atoms with Crippen molar-refractivity contribution in [1.29, 1.82) is 0 Å². The van der Waals surface area contributed by atoms with Gasteiger partial charge in [0.2, 0.25) is 0 Å². The molecule has 1 rings (SSSR count). The monoisotopic (exact) mass is 440 g/mol. The van der Waals surface area contributed by atoms with Crippen LogP contribution >= 0.6 is 24.0 Å². The maximum absolute atomic E-state index is 5.62. The van der Waals surface area contributed by atoms with Crippen LogP contribution in [0.3, 0.4) is 0 Å². The van der Waals surface area contributed by atoms with Crippen LogP contribution in [-0.4, -0.2) is 74.8 Å². The van der Waals surface area contributed by atoms with Crippen molar-refractivity contribution in [3.63, 3.8) is 0 Å². The zero-order valence-electron chi connectivity index (χ0n) is 16.1. The van der Waals surface area contributed by atoms with Crippen molar-refractivity contribution in [2.24, 2.45) is 10.4 Å². The number of ether oxygens (including phenoxy) is 1. The van der Waals surface area contributed by atoms with Crippen molar-refractivity contribution in [2.75, 3.05) is 46.9 Å². The number of rotatable bonds is 6. The van der Waals surface area contributed by atoms with E-state index in [9.17, 15) is 0 Å². The lowest BCUT2D eigenvalue weighted by Gasteiger charge is -2.31. The van der Waals surface area contributed by atoms with Gasteiger partial charge >= 0.3 is 0 Å². The fraction of sp³-hybridized carbons (Fsp3) is 0.941. The molecule has 6 heteroatoms. The quantitative estimate of drug-likeness (QED) is 0.392. The highest BCUT2D eigenvalue weighted by Gasteiger charge is 2.29. The Bertz CT molecular complexity index is 353. The molecular weight excluding hydrogens is 403 g/mol. The first-order valence-electron chi connectivity index (χ1n) is 8.59. The van der Waals surface area contributed by atoms with Crippen LogP contribution in [-0.2, 0) is 4.74 Å². The Morgan fingerprint density at radius 3 is 2.39 bits per heavy atom. The van der Waals surface area contributed by atoms with Gasteiger partial charge in [0.25, 0.3) is 0 Å². The summed E-state index contributed by atoms with van der Waals surface area (Å²) in [6, 6.07) is 0.648. The van der Waals surface area contributed by atoms with Crippen molar-refractivity contribution in [3.05, 3.63) is 0 Å². The number of aliphatic imine (C=N–C) groups is 1. The summed E-state index contributed by atoms with van der Waals surface area (Å²) < 4.78 is 5.62. The number of halogens is 1. The topological polar surface area (TPSA) is 40.1 Å². The Kier molecular flexibility index (Phi) is 10.7. The third kappa shape index (κ3) is 6.74. The standard InChI is InChI=1S/C17H36N4O.HI/c1-8-20(9-2)14-10-11-21(13-14)16(18-6)19-12-15(22-7)17(3,4)5;/h14-15H,8-13H2,1-7H3,(H,18,19);1H. The Balaban J connectivity index is 0.00000484. The number of guanidine groups is 1. The van der Waals surface area contributed by atoms with Crippen LogP contribution in [0.1, 0.15) is 41.0 Å². The van der Waals surface area contributed by atoms with Gasteiger partial charge in [0.05, 0.1) is 6.10 Å². The van der Waals surface area contributed by atoms with Gasteiger partial charge in [0.15, 0.2) is 5.96 Å². The van der Waals surface area contributed by atoms with Gasteiger partial charge in [-0.15, -0.1) is 24.0 Å². The van der Waals surface area contributed by atoms with Gasteiger partial charge in [-0.2, -0.15) is 0 Å². The number of likely N-dealkylation sites (tertiary alicyclic amines) is 1. The second-order valence-corrected chi connectivity index (χ2v) is 7.13. The summed E-state index contributed by atoms with van der Waals surface area (Å²) in [4.78, 5) is 9.38. The van der Waals surface area contributed by atoms with Crippen molar-refractivity contribution in [1.82, 2.24) is 15.1 Å². The molecule has 2 atom stereocenters. The van der Waals surface area contributed by atoms with E-state index < -0.39 is 0 Å². The van der Waals surface area contributed by atoms with Crippen LogP contribution in [0.4, 0.5) is 0 Å². The number of nitrogens with one attached hydrogen (secondary N) is 1. The summed E-state index contributed by atoms with van der Waals surface area (Å²) >= 11 is 0. The van der Waals surface area contributed by atoms with E-state index in [-0.39, 0.29) is 35.5 Å². The van der Waals surface area contributed by atoms with E-state index in [4.69, 9.17) is 4.74 Å². The van der Waals surface area contributed by atoms with Crippen LogP contribution in [0.2, 0.25) is 0 Å². The Morgan fingerprint density at radius 1 is 1.35 bits per heavy atom. The average molecular weight is 440 g/mol. The van der Waals surface area contributed by atoms with Crippen molar-refractivity contribution in [2.45, 2.75) is 53.2 Å². The van der Waals surface area contributed by atoms with Crippen molar-refractivity contribution in [3.8, 4) is 0 Å². The zero-order valence-corrected chi connectivity index (χ0v) is 18.4. The first-order chi connectivity index (χ1) is 10.4. The number of likely N-dealkylation sites (N-methyl/N-ethyl adjacent to an activating group) is 1. The highest BCUT2D eigenvalue weighted by molar-refractivity contribution is 14.0. The van der Waals surface area contributed by atoms with Crippen LogP contribution in [0.15, 0.2) is 4.99 Å². The molecule has 1 heterocycles. The maximum atomic E-state index is 5.62. The fourth-order valence-electron chi connectivity index (χ4n) is 3.23. The molecular formula is C17H37IN4O. The van der Waals surface area contributed by atoms with E-state index in [0.29, 0.717) is 6.04 Å². The van der Waals surface area contributed by atoms with E-state index in [1.165, 1.54) is 6.42 Å². The molecule has 2 unspecified atom stereocenters. The summed E-state index contributed by atoms with van der Waals surface area (Å²) in [5.41, 5.74) is 0.120. The Hall–Kier alpha value is -0.0800. The third-order valence-electron chi connectivity index (χ3n) is 4.70. The summed E-state index contributed by atoms with van der Waals surface area (Å²) in [5, 5.41) is 3.50. The molecule has 0 aromatic rings. The Morgan fingerprint density at radius 2 is 1.96 bits per heavy atom. The summed E-state index contributed by atoms with van der Waals surface area (Å²) in [6.07, 6.45) is 1.39. The minimum Gasteiger partial charge on any atom is -0.379 e. The minimum atomic E-state index is 0. The predicted molar refractivity (Wildman–Crippen MR) is 110 cm³/mol. The van der Waals surface area contributed by atoms with Crippen LogP contribution in [0, 0.1) is 5.41 Å². The molecule has 1 saturated heterocycles. The van der Waals surface area contributed by atoms with Gasteiger partial charge in [-0.3, -0.25) is 9.89 Å². The number of hydrogen-bond donors (Lipinski definition) is 1. The van der Waals surface area contributed by atoms with Gasteiger partial charge in [-0.05, 0) is 24.9 Å². The SMILES string of the molecule is CCN(CC)C1CCN(C(=NC)NCC(OC)C(C)(C)C)C1.I. The largest absolute Gasteiger partial charge is 0.379 e. The normalized spacial score (nSPS) is 20.6. The van der Waals surface area contributed by atoms with E-state index in [0.717, 1.165) is 38.7 Å². The van der Waals surface area contributed by atoms with Gasteiger partial charge in [-0.25, -0.2) is 0 Å². The van der Waals surface area contributed by atoms with Gasteiger partial charge in [-0.1, -0.05) is 34.6 Å². The summed E-state index contributed by atoms with van der Waals surface area (Å²) in [6.45, 7) is 16.3. The average Bonchev–Trinajstić information content (AvgIpc) is 2.93. The lowest BCUT2D eigenvalue weighted by molar-refractivity contribution is 0.0202. The van der Waals surface area contributed by atoms with Gasteiger partial charge in [0, 0.05) is 39.8 Å². The molecule has 0 aliphatic carbocycles. The second kappa shape index (κ2) is 10.7. The first kappa shape index (κ1) is 22.9. The van der Waals surface area contributed by atoms with E-state index in [2.05, 4.69) is 54.7 Å². The second-order valence-electron chi connectivity index (χ2n) is 7.13. The van der Waals surface area contributed by atoms with E-state index >= 15 is 0 Å². The van der Waals surface area contributed by atoms with Crippen LogP contribution in [0.25, 0.3) is 0 Å². The molecule has 23 heavy (non-hydrogen) atoms. The molecule has 1 fully saturated rings. The molecule has 0 spiro atoms. The molecule has 5 nitrogen and oxygen atoms in total. The van der Waals surface area contributed by atoms with E-state index in [1.54, 1.807) is 7.11 Å². The fourth-order valence-corrected chi connectivity index (χ4v) is 3.23.